The molecule has 2 atom stereocenters. The number of carboxylic acids is 1. The van der Waals surface area contributed by atoms with Crippen molar-refractivity contribution in [3.63, 3.8) is 0 Å². The minimum Gasteiger partial charge on any atom is -0.480 e. The molecule has 5 nitrogen and oxygen atoms in total. The molecular formula is C18H28N2O3. The lowest BCUT2D eigenvalue weighted by Crippen LogP contribution is -2.53. The van der Waals surface area contributed by atoms with Crippen molar-refractivity contribution in [1.29, 1.82) is 0 Å². The monoisotopic (exact) mass is 320 g/mol. The molecule has 1 rings (SSSR count). The maximum Gasteiger partial charge on any atom is 0.326 e. The van der Waals surface area contributed by atoms with Crippen LogP contribution in [0.3, 0.4) is 0 Å². The van der Waals surface area contributed by atoms with Crippen LogP contribution in [0.5, 0.6) is 0 Å². The molecule has 1 aromatic carbocycles. The number of nitrogens with one attached hydrogen (secondary N) is 1. The fourth-order valence-electron chi connectivity index (χ4n) is 2.70. The van der Waals surface area contributed by atoms with Crippen molar-refractivity contribution >= 4 is 17.6 Å². The van der Waals surface area contributed by atoms with E-state index in [1.165, 1.54) is 0 Å². The number of hydrogen-bond donors (Lipinski definition) is 2. The Balaban J connectivity index is 2.92. The standard InChI is InChI=1S/C18H28N2O3/c1-12(2)11-15(18(22)23)19-17(21)16(13(3)4)20(5)14-9-7-6-8-10-14/h6-10,12-13,15-16H,11H2,1-5H3,(H,19,21)(H,22,23). The third-order valence-corrected chi connectivity index (χ3v) is 3.80. The van der Waals surface area contributed by atoms with Crippen molar-refractivity contribution in [1.82, 2.24) is 5.32 Å². The summed E-state index contributed by atoms with van der Waals surface area (Å²) in [7, 11) is 1.86. The molecule has 2 unspecified atom stereocenters. The first kappa shape index (κ1) is 19.0. The number of likely N-dealkylation sites (N-methyl/N-ethyl adjacent to an activating group) is 1. The Morgan fingerprint density at radius 2 is 1.70 bits per heavy atom. The molecule has 0 fully saturated rings. The highest BCUT2D eigenvalue weighted by Crippen LogP contribution is 2.19. The Morgan fingerprint density at radius 3 is 2.13 bits per heavy atom. The largest absolute Gasteiger partial charge is 0.480 e. The van der Waals surface area contributed by atoms with E-state index in [1.54, 1.807) is 0 Å². The van der Waals surface area contributed by atoms with Crippen molar-refractivity contribution < 1.29 is 14.7 Å². The molecule has 0 aromatic heterocycles. The van der Waals surface area contributed by atoms with E-state index in [-0.39, 0.29) is 17.7 Å². The van der Waals surface area contributed by atoms with Crippen LogP contribution >= 0.6 is 0 Å². The average molecular weight is 320 g/mol. The van der Waals surface area contributed by atoms with Gasteiger partial charge >= 0.3 is 5.97 Å². The molecule has 0 aliphatic carbocycles. The van der Waals surface area contributed by atoms with Gasteiger partial charge in [-0.1, -0.05) is 45.9 Å². The van der Waals surface area contributed by atoms with Gasteiger partial charge in [-0.15, -0.1) is 0 Å². The Hall–Kier alpha value is -2.04. The molecule has 0 saturated heterocycles. The van der Waals surface area contributed by atoms with Gasteiger partial charge in [-0.2, -0.15) is 0 Å². The van der Waals surface area contributed by atoms with Crippen LogP contribution in [0.4, 0.5) is 5.69 Å². The van der Waals surface area contributed by atoms with Crippen LogP contribution in [0, 0.1) is 11.8 Å². The minimum absolute atomic E-state index is 0.0497. The van der Waals surface area contributed by atoms with E-state index < -0.39 is 18.1 Å². The van der Waals surface area contributed by atoms with E-state index in [1.807, 2.05) is 70.0 Å². The second-order valence-corrected chi connectivity index (χ2v) is 6.66. The predicted molar refractivity (Wildman–Crippen MR) is 92.5 cm³/mol. The van der Waals surface area contributed by atoms with E-state index >= 15 is 0 Å². The number of rotatable bonds is 8. The summed E-state index contributed by atoms with van der Waals surface area (Å²) in [6, 6.07) is 8.35. The fraction of sp³-hybridized carbons (Fsp3) is 0.556. The van der Waals surface area contributed by atoms with Gasteiger partial charge in [-0.05, 0) is 30.4 Å². The Kier molecular flexibility index (Phi) is 7.07. The van der Waals surface area contributed by atoms with Crippen molar-refractivity contribution in [2.45, 2.75) is 46.2 Å². The molecule has 0 spiro atoms. The summed E-state index contributed by atoms with van der Waals surface area (Å²) in [4.78, 5) is 26.0. The number of para-hydroxylation sites is 1. The lowest BCUT2D eigenvalue weighted by molar-refractivity contribution is -0.142. The summed E-state index contributed by atoms with van der Waals surface area (Å²) < 4.78 is 0. The van der Waals surface area contributed by atoms with Crippen LogP contribution < -0.4 is 10.2 Å². The van der Waals surface area contributed by atoms with Crippen molar-refractivity contribution in [2.24, 2.45) is 11.8 Å². The Labute approximate surface area is 138 Å². The van der Waals surface area contributed by atoms with Gasteiger partial charge in [0.25, 0.3) is 0 Å². The van der Waals surface area contributed by atoms with Crippen LogP contribution in [0.1, 0.15) is 34.1 Å². The summed E-state index contributed by atoms with van der Waals surface area (Å²) in [6.45, 7) is 7.81. The summed E-state index contributed by atoms with van der Waals surface area (Å²) in [5, 5.41) is 12.0. The molecule has 1 aromatic rings. The molecule has 0 saturated carbocycles. The maximum absolute atomic E-state index is 12.7. The summed E-state index contributed by atoms with van der Waals surface area (Å²) >= 11 is 0. The number of carbonyl (C=O) groups is 2. The maximum atomic E-state index is 12.7. The summed E-state index contributed by atoms with van der Waals surface area (Å²) in [5.41, 5.74) is 0.928. The van der Waals surface area contributed by atoms with Crippen LogP contribution in [-0.2, 0) is 9.59 Å². The quantitative estimate of drug-likeness (QED) is 0.773. The van der Waals surface area contributed by atoms with Gasteiger partial charge in [0, 0.05) is 12.7 Å². The smallest absolute Gasteiger partial charge is 0.326 e. The van der Waals surface area contributed by atoms with E-state index in [0.29, 0.717) is 6.42 Å². The summed E-state index contributed by atoms with van der Waals surface area (Å²) in [6.07, 6.45) is 0.418. The lowest BCUT2D eigenvalue weighted by atomic mass is 9.99. The third-order valence-electron chi connectivity index (χ3n) is 3.80. The zero-order valence-electron chi connectivity index (χ0n) is 14.6. The third kappa shape index (κ3) is 5.58. The fourth-order valence-corrected chi connectivity index (χ4v) is 2.70. The normalized spacial score (nSPS) is 13.7. The lowest BCUT2D eigenvalue weighted by Gasteiger charge is -2.33. The predicted octanol–water partition coefficient (Wildman–Crippen LogP) is 2.76. The minimum atomic E-state index is -0.989. The van der Waals surface area contributed by atoms with Gasteiger partial charge in [0.1, 0.15) is 12.1 Å². The van der Waals surface area contributed by atoms with Crippen LogP contribution in [0.2, 0.25) is 0 Å². The van der Waals surface area contributed by atoms with Gasteiger partial charge in [0.05, 0.1) is 0 Å². The van der Waals surface area contributed by atoms with Gasteiger partial charge in [-0.25, -0.2) is 4.79 Å². The number of nitrogens with zero attached hydrogens (tertiary/aromatic N) is 1. The van der Waals surface area contributed by atoms with E-state index in [2.05, 4.69) is 5.32 Å². The Morgan fingerprint density at radius 1 is 1.13 bits per heavy atom. The average Bonchev–Trinajstić information content (AvgIpc) is 2.46. The molecule has 2 N–H and O–H groups in total. The number of amides is 1. The number of carboxylic acid groups (broad SMARTS) is 1. The number of hydrogen-bond acceptors (Lipinski definition) is 3. The number of aliphatic carboxylic acids is 1. The molecule has 0 bridgehead atoms. The van der Waals surface area contributed by atoms with E-state index in [0.717, 1.165) is 5.69 Å². The van der Waals surface area contributed by atoms with Crippen LogP contribution in [0.15, 0.2) is 30.3 Å². The molecule has 0 aliphatic rings. The zero-order chi connectivity index (χ0) is 17.6. The number of anilines is 1. The second-order valence-electron chi connectivity index (χ2n) is 6.66. The first-order chi connectivity index (χ1) is 10.7. The molecule has 0 aliphatic heterocycles. The van der Waals surface area contributed by atoms with Crippen LogP contribution in [-0.4, -0.2) is 36.1 Å². The van der Waals surface area contributed by atoms with Crippen molar-refractivity contribution in [3.05, 3.63) is 30.3 Å². The molecule has 0 radical (unpaired) electrons. The molecule has 23 heavy (non-hydrogen) atoms. The highest BCUT2D eigenvalue weighted by molar-refractivity contribution is 5.89. The Bertz CT molecular complexity index is 514. The first-order valence-corrected chi connectivity index (χ1v) is 8.05. The molecule has 1 amide bonds. The highest BCUT2D eigenvalue weighted by atomic mass is 16.4. The SMILES string of the molecule is CC(C)CC(NC(=O)C(C(C)C)N(C)c1ccccc1)C(=O)O. The zero-order valence-corrected chi connectivity index (χ0v) is 14.6. The molecule has 5 heteroatoms. The second kappa shape index (κ2) is 8.56. The van der Waals surface area contributed by atoms with Gasteiger partial charge in [0.15, 0.2) is 0 Å². The first-order valence-electron chi connectivity index (χ1n) is 8.05. The molecular weight excluding hydrogens is 292 g/mol. The van der Waals surface area contributed by atoms with E-state index in [4.69, 9.17) is 0 Å². The van der Waals surface area contributed by atoms with Gasteiger partial charge < -0.3 is 15.3 Å². The van der Waals surface area contributed by atoms with Crippen LogP contribution in [0.25, 0.3) is 0 Å². The summed E-state index contributed by atoms with van der Waals surface area (Å²) in [5.74, 6) is -0.995. The van der Waals surface area contributed by atoms with Gasteiger partial charge in [0.2, 0.25) is 5.91 Å². The van der Waals surface area contributed by atoms with Crippen molar-refractivity contribution in [3.8, 4) is 0 Å². The van der Waals surface area contributed by atoms with Crippen molar-refractivity contribution in [2.75, 3.05) is 11.9 Å². The topological polar surface area (TPSA) is 69.6 Å². The number of carbonyl (C=O) groups excluding carboxylic acids is 1. The highest BCUT2D eigenvalue weighted by Gasteiger charge is 2.30. The molecule has 0 heterocycles. The molecule has 128 valence electrons. The number of benzene rings is 1. The van der Waals surface area contributed by atoms with E-state index in [9.17, 15) is 14.7 Å². The van der Waals surface area contributed by atoms with Gasteiger partial charge in [-0.3, -0.25) is 4.79 Å².